The van der Waals surface area contributed by atoms with Crippen molar-refractivity contribution in [2.45, 2.75) is 19.8 Å². The Bertz CT molecular complexity index is 919. The first-order valence-electron chi connectivity index (χ1n) is 8.57. The molecule has 0 spiro atoms. The number of hydrogen-bond donors (Lipinski definition) is 2. The van der Waals surface area contributed by atoms with Gasteiger partial charge in [0.1, 0.15) is 0 Å². The van der Waals surface area contributed by atoms with Crippen LogP contribution in [0.5, 0.6) is 0 Å². The monoisotopic (exact) mass is 373 g/mol. The van der Waals surface area contributed by atoms with Crippen LogP contribution in [0.15, 0.2) is 42.5 Å². The standard InChI is InChI=1S/C19H23N3O3S/c1-14-12-17(22-10-3-4-11-22)8-9-18(14)20-19(23)15-6-5-7-16(13-15)21-26(2,24)25/h5-9,12-13,21H,3-4,10-11H2,1-2H3,(H,20,23). The molecule has 1 aliphatic rings. The zero-order valence-electron chi connectivity index (χ0n) is 15.0. The highest BCUT2D eigenvalue weighted by atomic mass is 32.2. The van der Waals surface area contributed by atoms with Gasteiger partial charge < -0.3 is 10.2 Å². The van der Waals surface area contributed by atoms with Gasteiger partial charge in [-0.05, 0) is 61.7 Å². The average molecular weight is 373 g/mol. The molecular weight excluding hydrogens is 350 g/mol. The van der Waals surface area contributed by atoms with Crippen LogP contribution in [-0.4, -0.2) is 33.7 Å². The molecule has 1 aliphatic heterocycles. The number of aryl methyl sites for hydroxylation is 1. The molecule has 2 aromatic rings. The predicted molar refractivity (Wildman–Crippen MR) is 105 cm³/mol. The van der Waals surface area contributed by atoms with Crippen molar-refractivity contribution in [3.63, 3.8) is 0 Å². The summed E-state index contributed by atoms with van der Waals surface area (Å²) in [5, 5.41) is 2.90. The molecule has 2 N–H and O–H groups in total. The van der Waals surface area contributed by atoms with Gasteiger partial charge in [-0.25, -0.2) is 8.42 Å². The van der Waals surface area contributed by atoms with Gasteiger partial charge in [0.15, 0.2) is 0 Å². The van der Waals surface area contributed by atoms with Gasteiger partial charge in [0.25, 0.3) is 5.91 Å². The number of carbonyl (C=O) groups is 1. The van der Waals surface area contributed by atoms with Crippen molar-refractivity contribution in [3.05, 3.63) is 53.6 Å². The van der Waals surface area contributed by atoms with Crippen molar-refractivity contribution in [1.29, 1.82) is 0 Å². The average Bonchev–Trinajstić information content (AvgIpc) is 3.10. The Morgan fingerprint density at radius 1 is 1.08 bits per heavy atom. The van der Waals surface area contributed by atoms with Crippen LogP contribution in [0.1, 0.15) is 28.8 Å². The first-order chi connectivity index (χ1) is 12.3. The molecule has 26 heavy (non-hydrogen) atoms. The summed E-state index contributed by atoms with van der Waals surface area (Å²) >= 11 is 0. The van der Waals surface area contributed by atoms with Crippen LogP contribution >= 0.6 is 0 Å². The highest BCUT2D eigenvalue weighted by Gasteiger charge is 2.14. The van der Waals surface area contributed by atoms with Crippen molar-refractivity contribution >= 4 is 33.0 Å². The van der Waals surface area contributed by atoms with Gasteiger partial charge in [-0.1, -0.05) is 6.07 Å². The summed E-state index contributed by atoms with van der Waals surface area (Å²) < 4.78 is 25.1. The van der Waals surface area contributed by atoms with Gasteiger partial charge in [-0.15, -0.1) is 0 Å². The van der Waals surface area contributed by atoms with Gasteiger partial charge in [0, 0.05) is 35.7 Å². The van der Waals surface area contributed by atoms with Crippen LogP contribution in [-0.2, 0) is 10.0 Å². The molecule has 0 unspecified atom stereocenters. The molecular formula is C19H23N3O3S. The van der Waals surface area contributed by atoms with Crippen LogP contribution in [0.3, 0.4) is 0 Å². The number of carbonyl (C=O) groups excluding carboxylic acids is 1. The number of amides is 1. The smallest absolute Gasteiger partial charge is 0.255 e. The van der Waals surface area contributed by atoms with Crippen LogP contribution in [0.25, 0.3) is 0 Å². The molecule has 1 amide bonds. The summed E-state index contributed by atoms with van der Waals surface area (Å²) in [6.45, 7) is 4.12. The Kier molecular flexibility index (Phi) is 5.18. The van der Waals surface area contributed by atoms with Crippen LogP contribution in [0.4, 0.5) is 17.1 Å². The molecule has 0 aromatic heterocycles. The first-order valence-corrected chi connectivity index (χ1v) is 10.5. The summed E-state index contributed by atoms with van der Waals surface area (Å²) in [5.74, 6) is -0.279. The van der Waals surface area contributed by atoms with E-state index in [1.807, 2.05) is 19.1 Å². The van der Waals surface area contributed by atoms with Crippen molar-refractivity contribution < 1.29 is 13.2 Å². The second-order valence-electron chi connectivity index (χ2n) is 6.60. The molecule has 3 rings (SSSR count). The Morgan fingerprint density at radius 3 is 2.46 bits per heavy atom. The minimum absolute atomic E-state index is 0.279. The molecule has 0 bridgehead atoms. The third-order valence-corrected chi connectivity index (χ3v) is 4.96. The fourth-order valence-electron chi connectivity index (χ4n) is 3.09. The van der Waals surface area contributed by atoms with E-state index in [0.717, 1.165) is 30.6 Å². The minimum Gasteiger partial charge on any atom is -0.372 e. The molecule has 0 radical (unpaired) electrons. The fourth-order valence-corrected chi connectivity index (χ4v) is 3.65. The lowest BCUT2D eigenvalue weighted by molar-refractivity contribution is 0.102. The summed E-state index contributed by atoms with van der Waals surface area (Å²) in [7, 11) is -3.38. The molecule has 1 fully saturated rings. The quantitative estimate of drug-likeness (QED) is 0.843. The van der Waals surface area contributed by atoms with Crippen molar-refractivity contribution in [3.8, 4) is 0 Å². The molecule has 7 heteroatoms. The lowest BCUT2D eigenvalue weighted by Gasteiger charge is -2.19. The zero-order valence-corrected chi connectivity index (χ0v) is 15.8. The molecule has 6 nitrogen and oxygen atoms in total. The number of hydrogen-bond acceptors (Lipinski definition) is 4. The number of nitrogens with one attached hydrogen (secondary N) is 2. The summed E-state index contributed by atoms with van der Waals surface area (Å²) in [5.41, 5.74) is 3.67. The maximum absolute atomic E-state index is 12.5. The molecule has 1 heterocycles. The van der Waals surface area contributed by atoms with E-state index in [9.17, 15) is 13.2 Å². The van der Waals surface area contributed by atoms with Crippen LogP contribution in [0.2, 0.25) is 0 Å². The Balaban J connectivity index is 1.74. The topological polar surface area (TPSA) is 78.5 Å². The molecule has 138 valence electrons. The third kappa shape index (κ3) is 4.54. The van der Waals surface area contributed by atoms with Crippen molar-refractivity contribution in [1.82, 2.24) is 0 Å². The van der Waals surface area contributed by atoms with E-state index in [1.54, 1.807) is 18.2 Å². The van der Waals surface area contributed by atoms with Gasteiger partial charge in [0.2, 0.25) is 10.0 Å². The van der Waals surface area contributed by atoms with E-state index in [1.165, 1.54) is 24.6 Å². The number of anilines is 3. The molecule has 0 saturated carbocycles. The second kappa shape index (κ2) is 7.37. The highest BCUT2D eigenvalue weighted by Crippen LogP contribution is 2.26. The molecule has 1 saturated heterocycles. The van der Waals surface area contributed by atoms with Crippen molar-refractivity contribution in [2.24, 2.45) is 0 Å². The van der Waals surface area contributed by atoms with E-state index in [2.05, 4.69) is 21.0 Å². The largest absolute Gasteiger partial charge is 0.372 e. The number of nitrogens with zero attached hydrogens (tertiary/aromatic N) is 1. The summed E-state index contributed by atoms with van der Waals surface area (Å²) in [4.78, 5) is 14.9. The Morgan fingerprint density at radius 2 is 1.81 bits per heavy atom. The van der Waals surface area contributed by atoms with Gasteiger partial charge in [-0.2, -0.15) is 0 Å². The first kappa shape index (κ1) is 18.3. The minimum atomic E-state index is -3.38. The summed E-state index contributed by atoms with van der Waals surface area (Å²) in [6, 6.07) is 12.4. The van der Waals surface area contributed by atoms with E-state index < -0.39 is 10.0 Å². The van der Waals surface area contributed by atoms with E-state index in [4.69, 9.17) is 0 Å². The van der Waals surface area contributed by atoms with E-state index in [-0.39, 0.29) is 5.91 Å². The number of benzene rings is 2. The maximum Gasteiger partial charge on any atom is 0.255 e. The third-order valence-electron chi connectivity index (χ3n) is 4.36. The van der Waals surface area contributed by atoms with Crippen molar-refractivity contribution in [2.75, 3.05) is 34.3 Å². The summed E-state index contributed by atoms with van der Waals surface area (Å²) in [6.07, 6.45) is 3.51. The van der Waals surface area contributed by atoms with Gasteiger partial charge >= 0.3 is 0 Å². The zero-order chi connectivity index (χ0) is 18.7. The van der Waals surface area contributed by atoms with Crippen LogP contribution < -0.4 is 14.9 Å². The van der Waals surface area contributed by atoms with E-state index in [0.29, 0.717) is 11.3 Å². The lowest BCUT2D eigenvalue weighted by Crippen LogP contribution is -2.18. The highest BCUT2D eigenvalue weighted by molar-refractivity contribution is 7.92. The number of rotatable bonds is 5. The SMILES string of the molecule is Cc1cc(N2CCCC2)ccc1NC(=O)c1cccc(NS(C)(=O)=O)c1. The molecule has 2 aromatic carbocycles. The number of sulfonamides is 1. The molecule has 0 aliphatic carbocycles. The maximum atomic E-state index is 12.5. The van der Waals surface area contributed by atoms with Gasteiger partial charge in [0.05, 0.1) is 6.26 Å². The van der Waals surface area contributed by atoms with Crippen LogP contribution in [0, 0.1) is 6.92 Å². The molecule has 0 atom stereocenters. The van der Waals surface area contributed by atoms with Gasteiger partial charge in [-0.3, -0.25) is 9.52 Å². The second-order valence-corrected chi connectivity index (χ2v) is 8.35. The van der Waals surface area contributed by atoms with E-state index >= 15 is 0 Å². The normalized spacial score (nSPS) is 14.3. The lowest BCUT2D eigenvalue weighted by atomic mass is 10.1. The Hall–Kier alpha value is -2.54. The fraction of sp³-hybridized carbons (Fsp3) is 0.316. The predicted octanol–water partition coefficient (Wildman–Crippen LogP) is 3.22. The Labute approximate surface area is 154 Å².